The highest BCUT2D eigenvalue weighted by atomic mass is 16.7. The number of anilines is 1. The minimum atomic E-state index is -0.809. The molecule has 0 aromatic heterocycles. The van der Waals surface area contributed by atoms with Crippen molar-refractivity contribution in [1.82, 2.24) is 5.32 Å². The third-order valence-corrected chi connectivity index (χ3v) is 4.13. The Morgan fingerprint density at radius 3 is 2.75 bits per heavy atom. The van der Waals surface area contributed by atoms with Crippen LogP contribution in [0.2, 0.25) is 0 Å². The van der Waals surface area contributed by atoms with E-state index < -0.39 is 17.9 Å². The minimum Gasteiger partial charge on any atom is -0.492 e. The van der Waals surface area contributed by atoms with Gasteiger partial charge in [0.1, 0.15) is 5.75 Å². The van der Waals surface area contributed by atoms with Gasteiger partial charge in [-0.3, -0.25) is 9.59 Å². The van der Waals surface area contributed by atoms with E-state index in [-0.39, 0.29) is 19.8 Å². The van der Waals surface area contributed by atoms with E-state index in [4.69, 9.17) is 14.2 Å². The lowest BCUT2D eigenvalue weighted by Crippen LogP contribution is -2.36. The Morgan fingerprint density at radius 2 is 1.93 bits per heavy atom. The van der Waals surface area contributed by atoms with Crippen molar-refractivity contribution >= 4 is 17.5 Å². The fourth-order valence-corrected chi connectivity index (χ4v) is 2.72. The molecule has 2 aromatic carbocycles. The zero-order chi connectivity index (χ0) is 19.9. The van der Waals surface area contributed by atoms with Crippen LogP contribution in [-0.2, 0) is 9.59 Å². The molecule has 0 saturated heterocycles. The molecule has 1 aliphatic rings. The number of amides is 2. The van der Waals surface area contributed by atoms with Gasteiger partial charge in [0.2, 0.25) is 6.79 Å². The van der Waals surface area contributed by atoms with E-state index in [0.717, 1.165) is 0 Å². The van der Waals surface area contributed by atoms with Crippen molar-refractivity contribution in [3.8, 4) is 17.2 Å². The number of nitrogens with one attached hydrogen (secondary N) is 2. The molecule has 0 aliphatic carbocycles. The number of fused-ring (bicyclic) bond motifs is 1. The lowest BCUT2D eigenvalue weighted by Gasteiger charge is -2.13. The third kappa shape index (κ3) is 4.72. The van der Waals surface area contributed by atoms with Crippen LogP contribution in [0.15, 0.2) is 42.5 Å². The maximum Gasteiger partial charge on any atom is 0.313 e. The molecule has 2 amide bonds. The van der Waals surface area contributed by atoms with Crippen molar-refractivity contribution in [3.63, 3.8) is 0 Å². The van der Waals surface area contributed by atoms with Gasteiger partial charge < -0.3 is 30.0 Å². The van der Waals surface area contributed by atoms with Gasteiger partial charge in [-0.25, -0.2) is 0 Å². The number of aliphatic hydroxyl groups is 1. The standard InChI is InChI=1S/C20H22N2O6/c1-2-26-16-6-4-3-5-14(16)22-20(25)19(24)21-10-9-15(23)13-7-8-17-18(11-13)28-12-27-17/h3-8,11,15,23H,2,9-10,12H2,1H3,(H,21,24)(H,22,25). The minimum absolute atomic E-state index is 0.134. The van der Waals surface area contributed by atoms with Gasteiger partial charge in [0, 0.05) is 6.54 Å². The van der Waals surface area contributed by atoms with Gasteiger partial charge in [0.25, 0.3) is 0 Å². The number of para-hydroxylation sites is 2. The molecule has 148 valence electrons. The third-order valence-electron chi connectivity index (χ3n) is 4.13. The zero-order valence-corrected chi connectivity index (χ0v) is 15.4. The quantitative estimate of drug-likeness (QED) is 0.629. The van der Waals surface area contributed by atoms with Crippen molar-refractivity contribution in [3.05, 3.63) is 48.0 Å². The molecule has 1 atom stereocenters. The molecule has 1 heterocycles. The second-order valence-corrected chi connectivity index (χ2v) is 6.06. The van der Waals surface area contributed by atoms with Crippen LogP contribution in [0.25, 0.3) is 0 Å². The van der Waals surface area contributed by atoms with Crippen molar-refractivity contribution in [2.24, 2.45) is 0 Å². The molecule has 0 spiro atoms. The van der Waals surface area contributed by atoms with E-state index in [2.05, 4.69) is 10.6 Å². The summed E-state index contributed by atoms with van der Waals surface area (Å²) in [6.45, 7) is 2.56. The van der Waals surface area contributed by atoms with E-state index in [1.54, 1.807) is 42.5 Å². The highest BCUT2D eigenvalue weighted by Gasteiger charge is 2.18. The number of ether oxygens (including phenoxy) is 3. The molecular formula is C20H22N2O6. The van der Waals surface area contributed by atoms with Crippen LogP contribution in [-0.4, -0.2) is 36.9 Å². The summed E-state index contributed by atoms with van der Waals surface area (Å²) in [4.78, 5) is 24.1. The van der Waals surface area contributed by atoms with Crippen LogP contribution in [0.3, 0.4) is 0 Å². The largest absolute Gasteiger partial charge is 0.492 e. The SMILES string of the molecule is CCOc1ccccc1NC(=O)C(=O)NCCC(O)c1ccc2c(c1)OCO2. The summed E-state index contributed by atoms with van der Waals surface area (Å²) in [5, 5.41) is 15.3. The number of carbonyl (C=O) groups is 2. The predicted octanol–water partition coefficient (Wildman–Crippen LogP) is 1.99. The molecule has 8 nitrogen and oxygen atoms in total. The lowest BCUT2D eigenvalue weighted by molar-refractivity contribution is -0.136. The second kappa shape index (κ2) is 9.09. The van der Waals surface area contributed by atoms with Crippen molar-refractivity contribution < 1.29 is 28.9 Å². The van der Waals surface area contributed by atoms with Crippen LogP contribution in [0.4, 0.5) is 5.69 Å². The van der Waals surface area contributed by atoms with Crippen LogP contribution in [0.1, 0.15) is 25.0 Å². The fraction of sp³-hybridized carbons (Fsp3) is 0.300. The predicted molar refractivity (Wildman–Crippen MR) is 101 cm³/mol. The van der Waals surface area contributed by atoms with Gasteiger partial charge in [-0.2, -0.15) is 0 Å². The Bertz CT molecular complexity index is 854. The van der Waals surface area contributed by atoms with Gasteiger partial charge >= 0.3 is 11.8 Å². The maximum absolute atomic E-state index is 12.1. The van der Waals surface area contributed by atoms with Crippen LogP contribution in [0, 0.1) is 0 Å². The monoisotopic (exact) mass is 386 g/mol. The zero-order valence-electron chi connectivity index (χ0n) is 15.4. The average molecular weight is 386 g/mol. The van der Waals surface area contributed by atoms with Gasteiger partial charge in [0.05, 0.1) is 18.4 Å². The molecule has 2 aromatic rings. The van der Waals surface area contributed by atoms with Gasteiger partial charge in [-0.05, 0) is 43.2 Å². The summed E-state index contributed by atoms with van der Waals surface area (Å²) in [6, 6.07) is 12.0. The van der Waals surface area contributed by atoms with Crippen LogP contribution >= 0.6 is 0 Å². The molecule has 0 radical (unpaired) electrons. The van der Waals surface area contributed by atoms with E-state index in [0.29, 0.717) is 35.1 Å². The van der Waals surface area contributed by atoms with E-state index in [1.165, 1.54) is 0 Å². The summed E-state index contributed by atoms with van der Waals surface area (Å²) in [6.07, 6.45) is -0.565. The first-order valence-electron chi connectivity index (χ1n) is 8.97. The highest BCUT2D eigenvalue weighted by Crippen LogP contribution is 2.34. The summed E-state index contributed by atoms with van der Waals surface area (Å²) in [5.41, 5.74) is 1.07. The molecule has 1 unspecified atom stereocenters. The first-order chi connectivity index (χ1) is 13.6. The summed E-state index contributed by atoms with van der Waals surface area (Å²) >= 11 is 0. The van der Waals surface area contributed by atoms with Crippen molar-refractivity contribution in [2.45, 2.75) is 19.4 Å². The number of rotatable bonds is 7. The van der Waals surface area contributed by atoms with E-state index in [9.17, 15) is 14.7 Å². The number of aliphatic hydroxyl groups excluding tert-OH is 1. The molecule has 28 heavy (non-hydrogen) atoms. The molecule has 0 fully saturated rings. The first kappa shape index (κ1) is 19.5. The lowest BCUT2D eigenvalue weighted by atomic mass is 10.1. The van der Waals surface area contributed by atoms with Crippen LogP contribution < -0.4 is 24.8 Å². The molecule has 3 rings (SSSR count). The van der Waals surface area contributed by atoms with Crippen molar-refractivity contribution in [1.29, 1.82) is 0 Å². The van der Waals surface area contributed by atoms with Crippen molar-refractivity contribution in [2.75, 3.05) is 25.3 Å². The average Bonchev–Trinajstić information content (AvgIpc) is 3.17. The van der Waals surface area contributed by atoms with Gasteiger partial charge in [0.15, 0.2) is 11.5 Å². The van der Waals surface area contributed by atoms with E-state index in [1.807, 2.05) is 6.92 Å². The number of benzene rings is 2. The normalized spacial score (nSPS) is 12.9. The second-order valence-electron chi connectivity index (χ2n) is 6.06. The first-order valence-corrected chi connectivity index (χ1v) is 8.97. The Morgan fingerprint density at radius 1 is 1.14 bits per heavy atom. The van der Waals surface area contributed by atoms with Crippen LogP contribution in [0.5, 0.6) is 17.2 Å². The Balaban J connectivity index is 1.48. The van der Waals surface area contributed by atoms with E-state index >= 15 is 0 Å². The molecule has 3 N–H and O–H groups in total. The Kier molecular flexibility index (Phi) is 6.33. The molecule has 0 saturated carbocycles. The molecular weight excluding hydrogens is 364 g/mol. The smallest absolute Gasteiger partial charge is 0.313 e. The molecule has 0 bridgehead atoms. The number of carbonyl (C=O) groups excluding carboxylic acids is 2. The summed E-state index contributed by atoms with van der Waals surface area (Å²) < 4.78 is 15.9. The Hall–Kier alpha value is -3.26. The fourth-order valence-electron chi connectivity index (χ4n) is 2.72. The highest BCUT2D eigenvalue weighted by molar-refractivity contribution is 6.39. The number of hydrogen-bond donors (Lipinski definition) is 3. The maximum atomic E-state index is 12.1. The number of hydrogen-bond acceptors (Lipinski definition) is 6. The summed E-state index contributed by atoms with van der Waals surface area (Å²) in [7, 11) is 0. The summed E-state index contributed by atoms with van der Waals surface area (Å²) in [5.74, 6) is 0.111. The topological polar surface area (TPSA) is 106 Å². The van der Waals surface area contributed by atoms with Gasteiger partial charge in [-0.1, -0.05) is 18.2 Å². The van der Waals surface area contributed by atoms with Gasteiger partial charge in [-0.15, -0.1) is 0 Å². The Labute approximate surface area is 162 Å². The molecule has 8 heteroatoms. The molecule has 1 aliphatic heterocycles.